The summed E-state index contributed by atoms with van der Waals surface area (Å²) in [5.41, 5.74) is 12.4. The molecule has 4 N–H and O–H groups in total. The van der Waals surface area contributed by atoms with Gasteiger partial charge in [-0.05, 0) is 194 Å². The average molecular weight is 1700 g/mol. The Bertz CT molecular complexity index is 5430. The number of carbonyl (C=O) groups is 4. The molecule has 4 atom stereocenters. The Hall–Kier alpha value is -9.86. The van der Waals surface area contributed by atoms with Crippen LogP contribution in [-0.4, -0.2) is 130 Å². The third-order valence-electron chi connectivity index (χ3n) is 19.8. The lowest BCUT2D eigenvalue weighted by molar-refractivity contribution is -0.137. The molecule has 4 aromatic heterocycles. The zero-order valence-electron chi connectivity index (χ0n) is 59.3. The van der Waals surface area contributed by atoms with Crippen molar-refractivity contribution in [3.8, 4) is 5.75 Å². The average Bonchev–Trinajstić information content (AvgIpc) is 1.57. The molecule has 29 heteroatoms. The summed E-state index contributed by atoms with van der Waals surface area (Å²) >= 11 is 25.0. The molecule has 8 aromatic carbocycles. The SMILES string of the molecule is CCOC(=O)N1CCc2c([nH]c3ccc(Br)cc23)C1c1cc(F)cc(F)c1.CCOC(=O)N1CCc2c([nH]c3ccc(Br)cc23)C1c1cccc(F)c1F.COC(=O)N1CCc2c([nH]c3ccc(Cl)cc23)C1c1ccc(C(F)(F)F)cc1.COc1ccc(C2c3[nH]c4ccc(Cl)cc4c3CCN2C(=O)OCCCl)cc1. The summed E-state index contributed by atoms with van der Waals surface area (Å²) in [5, 5.41) is 5.36. The highest BCUT2D eigenvalue weighted by Crippen LogP contribution is 2.46. The molecular weight excluding hydrogens is 1630 g/mol. The zero-order valence-corrected chi connectivity index (χ0v) is 64.7. The van der Waals surface area contributed by atoms with Crippen LogP contribution in [0.15, 0.2) is 167 Å². The van der Waals surface area contributed by atoms with Crippen LogP contribution in [0.5, 0.6) is 5.75 Å². The molecule has 0 saturated carbocycles. The lowest BCUT2D eigenvalue weighted by Gasteiger charge is -2.35. The second-order valence-electron chi connectivity index (χ2n) is 26.1. The van der Waals surface area contributed by atoms with Gasteiger partial charge in [-0.15, -0.1) is 11.6 Å². The molecule has 12 aromatic rings. The first-order chi connectivity index (χ1) is 52.9. The number of aromatic nitrogens is 4. The minimum atomic E-state index is -4.42. The minimum absolute atomic E-state index is 0.106. The smallest absolute Gasteiger partial charge is 0.416 e. The predicted octanol–water partition coefficient (Wildman–Crippen LogP) is 21.3. The molecule has 0 saturated heterocycles. The lowest BCUT2D eigenvalue weighted by Crippen LogP contribution is -2.41. The summed E-state index contributed by atoms with van der Waals surface area (Å²) in [5.74, 6) is -2.23. The first-order valence-electron chi connectivity index (χ1n) is 35.0. The van der Waals surface area contributed by atoms with Crippen molar-refractivity contribution in [2.24, 2.45) is 0 Å². The minimum Gasteiger partial charge on any atom is -0.497 e. The second kappa shape index (κ2) is 33.4. The van der Waals surface area contributed by atoms with Gasteiger partial charge in [-0.25, -0.2) is 36.7 Å². The van der Waals surface area contributed by atoms with Gasteiger partial charge in [-0.2, -0.15) is 13.2 Å². The lowest BCUT2D eigenvalue weighted by atomic mass is 9.92. The van der Waals surface area contributed by atoms with Gasteiger partial charge in [0.2, 0.25) is 0 Å². The summed E-state index contributed by atoms with van der Waals surface area (Å²) in [6, 6.07) is 40.6. The molecule has 17 nitrogen and oxygen atoms in total. The van der Waals surface area contributed by atoms with Gasteiger partial charge in [0, 0.05) is 123 Å². The molecule has 4 aliphatic heterocycles. The van der Waals surface area contributed by atoms with Gasteiger partial charge in [-0.1, -0.05) is 91.5 Å². The van der Waals surface area contributed by atoms with E-state index in [4.69, 9.17) is 58.5 Å². The van der Waals surface area contributed by atoms with E-state index in [1.807, 2.05) is 91.0 Å². The molecule has 0 aliphatic carbocycles. The Labute approximate surface area is 658 Å². The van der Waals surface area contributed by atoms with Crippen molar-refractivity contribution in [1.82, 2.24) is 39.5 Å². The highest BCUT2D eigenvalue weighted by atomic mass is 79.9. The number of ether oxygens (including phenoxy) is 5. The Morgan fingerprint density at radius 1 is 0.473 bits per heavy atom. The summed E-state index contributed by atoms with van der Waals surface area (Å²) in [6.07, 6.45) is -3.85. The zero-order chi connectivity index (χ0) is 78.0. The third-order valence-corrected chi connectivity index (χ3v) is 21.4. The van der Waals surface area contributed by atoms with Crippen LogP contribution in [0.25, 0.3) is 43.6 Å². The predicted molar refractivity (Wildman–Crippen MR) is 413 cm³/mol. The largest absolute Gasteiger partial charge is 0.497 e. The monoisotopic (exact) mass is 1690 g/mol. The molecule has 572 valence electrons. The number of amides is 4. The maximum Gasteiger partial charge on any atom is 0.416 e. The molecule has 4 amide bonds. The number of carbonyl (C=O) groups excluding carboxylic acids is 4. The topological polar surface area (TPSA) is 191 Å². The fourth-order valence-corrected chi connectivity index (χ4v) is 16.2. The van der Waals surface area contributed by atoms with Gasteiger partial charge in [0.1, 0.15) is 48.2 Å². The van der Waals surface area contributed by atoms with Gasteiger partial charge in [0.15, 0.2) is 11.6 Å². The Morgan fingerprint density at radius 2 is 0.864 bits per heavy atom. The van der Waals surface area contributed by atoms with Crippen molar-refractivity contribution >= 4 is 135 Å². The molecule has 0 fully saturated rings. The van der Waals surface area contributed by atoms with Crippen LogP contribution in [0.1, 0.15) is 111 Å². The number of hydrogen-bond donors (Lipinski definition) is 4. The van der Waals surface area contributed by atoms with Gasteiger partial charge < -0.3 is 43.6 Å². The van der Waals surface area contributed by atoms with E-state index < -0.39 is 71.4 Å². The van der Waals surface area contributed by atoms with Crippen molar-refractivity contribution in [1.29, 1.82) is 0 Å². The number of alkyl halides is 4. The number of hydrogen-bond acceptors (Lipinski definition) is 9. The van der Waals surface area contributed by atoms with Crippen LogP contribution in [0.2, 0.25) is 10.0 Å². The van der Waals surface area contributed by atoms with Crippen molar-refractivity contribution in [3.63, 3.8) is 0 Å². The van der Waals surface area contributed by atoms with E-state index in [1.165, 1.54) is 63.8 Å². The Kier molecular flexibility index (Phi) is 23.7. The van der Waals surface area contributed by atoms with Gasteiger partial charge in [-0.3, -0.25) is 19.6 Å². The number of nitrogens with zero attached hydrogens (tertiary/aromatic N) is 4. The number of rotatable bonds is 9. The first-order valence-corrected chi connectivity index (χ1v) is 37.9. The molecule has 110 heavy (non-hydrogen) atoms. The van der Waals surface area contributed by atoms with Crippen molar-refractivity contribution < 1.29 is 73.6 Å². The van der Waals surface area contributed by atoms with Gasteiger partial charge in [0.05, 0.1) is 38.9 Å². The molecule has 16 rings (SSSR count). The van der Waals surface area contributed by atoms with E-state index in [0.29, 0.717) is 72.3 Å². The Balaban J connectivity index is 0.000000129. The number of H-pyrrole nitrogens is 4. The maximum absolute atomic E-state index is 14.6. The van der Waals surface area contributed by atoms with E-state index in [1.54, 1.807) is 31.9 Å². The van der Waals surface area contributed by atoms with E-state index in [2.05, 4.69) is 51.8 Å². The van der Waals surface area contributed by atoms with Crippen LogP contribution in [-0.2, 0) is 50.8 Å². The van der Waals surface area contributed by atoms with E-state index in [-0.39, 0.29) is 43.4 Å². The number of methoxy groups -OCH3 is 2. The van der Waals surface area contributed by atoms with E-state index in [9.17, 15) is 49.9 Å². The molecule has 0 spiro atoms. The van der Waals surface area contributed by atoms with Crippen molar-refractivity contribution in [2.45, 2.75) is 69.9 Å². The molecule has 0 radical (unpaired) electrons. The third kappa shape index (κ3) is 16.1. The molecule has 4 unspecified atom stereocenters. The van der Waals surface area contributed by atoms with Crippen LogP contribution in [0.3, 0.4) is 0 Å². The van der Waals surface area contributed by atoms with Crippen LogP contribution >= 0.6 is 66.7 Å². The molecule has 4 aliphatic rings. The van der Waals surface area contributed by atoms with E-state index in [0.717, 1.165) is 128 Å². The quantitative estimate of drug-likeness (QED) is 0.0619. The van der Waals surface area contributed by atoms with Crippen LogP contribution < -0.4 is 4.74 Å². The summed E-state index contributed by atoms with van der Waals surface area (Å²) in [7, 11) is 2.91. The highest BCUT2D eigenvalue weighted by Gasteiger charge is 2.41. The molecular formula is C81H70Br2Cl3F7N8O9. The van der Waals surface area contributed by atoms with Gasteiger partial charge >= 0.3 is 30.5 Å². The van der Waals surface area contributed by atoms with Crippen molar-refractivity contribution in [2.75, 3.05) is 66.1 Å². The first kappa shape index (κ1) is 78.3. The summed E-state index contributed by atoms with van der Waals surface area (Å²) < 4.78 is 123. The highest BCUT2D eigenvalue weighted by molar-refractivity contribution is 9.10. The summed E-state index contributed by atoms with van der Waals surface area (Å²) in [4.78, 5) is 69.8. The van der Waals surface area contributed by atoms with Crippen molar-refractivity contribution in [3.05, 3.63) is 273 Å². The number of fused-ring (bicyclic) bond motifs is 12. The van der Waals surface area contributed by atoms with Crippen LogP contribution in [0.4, 0.5) is 49.9 Å². The number of benzene rings is 8. The normalized spacial score (nSPS) is 16.5. The fourth-order valence-electron chi connectivity index (χ4n) is 15.0. The molecule has 8 heterocycles. The van der Waals surface area contributed by atoms with E-state index >= 15 is 0 Å². The number of aromatic amines is 4. The summed E-state index contributed by atoms with van der Waals surface area (Å²) in [6.45, 7) is 5.74. The maximum atomic E-state index is 14.6. The Morgan fingerprint density at radius 3 is 1.28 bits per heavy atom. The standard InChI is InChI=1S/C21H20Cl2N2O3.2C20H17BrF2N2O2.C20H16ClF3N2O2/c1-27-15-5-2-13(3-6-15)20-19-16(8-10-25(20)21(26)28-11-9-22)17-12-14(23)4-7-18(17)24-19;1-2-27-20(26)25-6-5-15-16-9-12(21)3-4-17(16)24-18(15)19(25)11-7-13(22)10-14(23)8-11;1-2-27-20(26)25-9-8-12-14-10-11(21)6-7-16(14)24-18(12)19(25)13-4-3-5-15(22)17(13)23;1-28-19(27)26-9-8-14-15-10-13(21)6-7-16(15)25-17(14)18(26)11-2-4-12(5-3-11)20(22,23)24/h2-7,12,20,24H,8-11H2,1H3;3-4,7-10,19,24H,2,5-6H2,1H3;3-7,10,19,24H,2,8-9H2,1H3;2-7,10,18,25H,8-9H2,1H3. The number of nitrogens with one attached hydrogen (secondary N) is 4. The second-order valence-corrected chi connectivity index (χ2v) is 29.2. The van der Waals surface area contributed by atoms with Crippen LogP contribution in [0, 0.1) is 23.3 Å². The molecule has 0 bridgehead atoms. The number of halogens is 12. The van der Waals surface area contributed by atoms with Gasteiger partial charge in [0.25, 0.3) is 0 Å². The fraction of sp³-hybridized carbons (Fsp3) is 0.259.